The van der Waals surface area contributed by atoms with Gasteiger partial charge in [-0.2, -0.15) is 4.98 Å². The molecule has 1 aromatic carbocycles. The maximum Gasteiger partial charge on any atom is 0.275 e. The first kappa shape index (κ1) is 20.0. The Morgan fingerprint density at radius 1 is 1.32 bits per heavy atom. The normalized spacial score (nSPS) is 12.0. The van der Waals surface area contributed by atoms with Crippen LogP contribution in [0.15, 0.2) is 40.3 Å². The number of carbonyl (C=O) groups is 1. The third kappa shape index (κ3) is 4.57. The van der Waals surface area contributed by atoms with Gasteiger partial charge in [-0.3, -0.25) is 19.5 Å². The van der Waals surface area contributed by atoms with E-state index in [0.29, 0.717) is 16.7 Å². The first-order valence-corrected chi connectivity index (χ1v) is 10.3. The number of hydrogen-bond donors (Lipinski definition) is 2. The summed E-state index contributed by atoms with van der Waals surface area (Å²) in [6.45, 7) is 5.68. The Hall–Kier alpha value is -2.72. The lowest BCUT2D eigenvalue weighted by atomic mass is 10.2. The molecule has 10 heteroatoms. The number of nitrogens with zero attached hydrogens (tertiary/aromatic N) is 4. The van der Waals surface area contributed by atoms with E-state index in [2.05, 4.69) is 20.5 Å². The summed E-state index contributed by atoms with van der Waals surface area (Å²) in [5, 5.41) is 11.7. The predicted octanol–water partition coefficient (Wildman–Crippen LogP) is 2.79. The minimum Gasteiger partial charge on any atom is -0.385 e. The molecular weight excluding hydrogens is 396 g/mol. The number of hydrogen-bond acceptors (Lipinski definition) is 8. The largest absolute Gasteiger partial charge is 0.385 e. The van der Waals surface area contributed by atoms with Crippen molar-refractivity contribution in [2.75, 3.05) is 11.1 Å². The molecule has 146 valence electrons. The summed E-state index contributed by atoms with van der Waals surface area (Å²) in [5.74, 6) is 0.0409. The summed E-state index contributed by atoms with van der Waals surface area (Å²) >= 11 is 2.50. The van der Waals surface area contributed by atoms with Crippen LogP contribution in [0.2, 0.25) is 0 Å². The van der Waals surface area contributed by atoms with Crippen LogP contribution in [-0.2, 0) is 4.79 Å². The molecule has 0 spiro atoms. The molecular formula is C18H20N6O2S2. The Labute approximate surface area is 170 Å². The highest BCUT2D eigenvalue weighted by Crippen LogP contribution is 2.29. The second-order valence-electron chi connectivity index (χ2n) is 6.11. The fraction of sp³-hybridized carbons (Fsp3) is 0.278. The highest BCUT2D eigenvalue weighted by Gasteiger charge is 2.23. The summed E-state index contributed by atoms with van der Waals surface area (Å²) in [7, 11) is 0. The third-order valence-corrected chi connectivity index (χ3v) is 5.92. The molecule has 2 heterocycles. The summed E-state index contributed by atoms with van der Waals surface area (Å²) in [5.41, 5.74) is 7.50. The molecule has 0 aliphatic heterocycles. The van der Waals surface area contributed by atoms with Crippen LogP contribution < -0.4 is 16.6 Å². The van der Waals surface area contributed by atoms with Crippen LogP contribution in [0.3, 0.4) is 0 Å². The number of amides is 1. The molecule has 0 aliphatic rings. The van der Waals surface area contributed by atoms with Gasteiger partial charge in [0.1, 0.15) is 10.8 Å². The van der Waals surface area contributed by atoms with Gasteiger partial charge in [0, 0.05) is 11.8 Å². The molecule has 0 aliphatic carbocycles. The maximum atomic E-state index is 12.7. The topological polar surface area (TPSA) is 116 Å². The number of nitrogen functional groups attached to an aromatic ring is 1. The Kier molecular flexibility index (Phi) is 6.10. The quantitative estimate of drug-likeness (QED) is 0.469. The number of aryl methyl sites for hydroxylation is 2. The number of thioether (sulfide) groups is 1. The van der Waals surface area contributed by atoms with E-state index in [-0.39, 0.29) is 11.7 Å². The Morgan fingerprint density at radius 2 is 2.11 bits per heavy atom. The van der Waals surface area contributed by atoms with E-state index in [1.165, 1.54) is 29.2 Å². The smallest absolute Gasteiger partial charge is 0.275 e. The molecule has 0 radical (unpaired) electrons. The second-order valence-corrected chi connectivity index (χ2v) is 8.46. The van der Waals surface area contributed by atoms with Gasteiger partial charge in [-0.15, -0.1) is 10.2 Å². The SMILES string of the molecule is CC[C@@H](Sc1nc(=O)cc(N)n1-c1cccc(C)c1)C(=O)Nc1nnc(C)s1. The number of rotatable bonds is 6. The van der Waals surface area contributed by atoms with E-state index in [4.69, 9.17) is 5.73 Å². The summed E-state index contributed by atoms with van der Waals surface area (Å²) in [4.78, 5) is 28.8. The lowest BCUT2D eigenvalue weighted by Crippen LogP contribution is -2.26. The molecule has 28 heavy (non-hydrogen) atoms. The number of nitrogens with two attached hydrogens (primary N) is 1. The van der Waals surface area contributed by atoms with Crippen molar-refractivity contribution >= 4 is 40.0 Å². The minimum absolute atomic E-state index is 0.226. The number of anilines is 2. The number of carbonyl (C=O) groups excluding carboxylic acids is 1. The molecule has 0 bridgehead atoms. The molecule has 3 N–H and O–H groups in total. The van der Waals surface area contributed by atoms with E-state index in [1.54, 1.807) is 4.57 Å². The lowest BCUT2D eigenvalue weighted by molar-refractivity contribution is -0.115. The predicted molar refractivity (Wildman–Crippen MR) is 112 cm³/mol. The molecule has 8 nitrogen and oxygen atoms in total. The van der Waals surface area contributed by atoms with Crippen LogP contribution in [0, 0.1) is 13.8 Å². The van der Waals surface area contributed by atoms with E-state index in [0.717, 1.165) is 16.3 Å². The maximum absolute atomic E-state index is 12.7. The average Bonchev–Trinajstić information content (AvgIpc) is 3.03. The van der Waals surface area contributed by atoms with Crippen LogP contribution in [-0.4, -0.2) is 30.9 Å². The van der Waals surface area contributed by atoms with Crippen LogP contribution >= 0.6 is 23.1 Å². The molecule has 3 rings (SSSR count). The standard InChI is InChI=1S/C18H20N6O2S2/c1-4-13(16(26)21-17-23-22-11(3)27-17)28-18-20-15(25)9-14(19)24(18)12-7-5-6-10(2)8-12/h5-9,13H,4,19H2,1-3H3,(H,21,23,26)/t13-/m1/s1. The molecule has 0 fully saturated rings. The van der Waals surface area contributed by atoms with Crippen molar-refractivity contribution < 1.29 is 4.79 Å². The Balaban J connectivity index is 1.93. The highest BCUT2D eigenvalue weighted by molar-refractivity contribution is 8.00. The van der Waals surface area contributed by atoms with Gasteiger partial charge in [0.05, 0.1) is 5.25 Å². The fourth-order valence-corrected chi connectivity index (χ4v) is 4.21. The molecule has 1 atom stereocenters. The van der Waals surface area contributed by atoms with Crippen molar-refractivity contribution in [1.82, 2.24) is 19.7 Å². The van der Waals surface area contributed by atoms with Crippen LogP contribution in [0.25, 0.3) is 5.69 Å². The lowest BCUT2D eigenvalue weighted by Gasteiger charge is -2.18. The van der Waals surface area contributed by atoms with Crippen molar-refractivity contribution in [1.29, 1.82) is 0 Å². The molecule has 0 saturated heterocycles. The molecule has 0 saturated carbocycles. The summed E-state index contributed by atoms with van der Waals surface area (Å²) < 4.78 is 1.68. The summed E-state index contributed by atoms with van der Waals surface area (Å²) in [6, 6.07) is 8.97. The van der Waals surface area contributed by atoms with Crippen molar-refractivity contribution in [3.8, 4) is 5.69 Å². The van der Waals surface area contributed by atoms with Gasteiger partial charge in [0.25, 0.3) is 5.56 Å². The average molecular weight is 417 g/mol. The first-order valence-electron chi connectivity index (χ1n) is 8.61. The zero-order chi connectivity index (χ0) is 20.3. The van der Waals surface area contributed by atoms with Crippen molar-refractivity contribution in [3.05, 3.63) is 51.3 Å². The minimum atomic E-state index is -0.478. The molecule has 2 aromatic heterocycles. The third-order valence-electron chi connectivity index (χ3n) is 3.85. The molecule has 3 aromatic rings. The molecule has 1 amide bonds. The van der Waals surface area contributed by atoms with Crippen LogP contribution in [0.5, 0.6) is 0 Å². The van der Waals surface area contributed by atoms with E-state index in [1.807, 2.05) is 45.0 Å². The van der Waals surface area contributed by atoms with Gasteiger partial charge in [0.2, 0.25) is 11.0 Å². The Bertz CT molecular complexity index is 1060. The molecule has 0 unspecified atom stereocenters. The van der Waals surface area contributed by atoms with Crippen LogP contribution in [0.4, 0.5) is 10.9 Å². The van der Waals surface area contributed by atoms with Gasteiger partial charge in [-0.05, 0) is 38.0 Å². The van der Waals surface area contributed by atoms with Gasteiger partial charge < -0.3 is 5.73 Å². The van der Waals surface area contributed by atoms with Crippen LogP contribution in [0.1, 0.15) is 23.9 Å². The van der Waals surface area contributed by atoms with Gasteiger partial charge in [-0.25, -0.2) is 0 Å². The fourth-order valence-electron chi connectivity index (χ4n) is 2.57. The second kappa shape index (κ2) is 8.53. The monoisotopic (exact) mass is 416 g/mol. The van der Waals surface area contributed by atoms with Crippen molar-refractivity contribution in [2.45, 2.75) is 37.6 Å². The van der Waals surface area contributed by atoms with E-state index >= 15 is 0 Å². The number of nitrogens with one attached hydrogen (secondary N) is 1. The highest BCUT2D eigenvalue weighted by atomic mass is 32.2. The zero-order valence-corrected chi connectivity index (χ0v) is 17.3. The van der Waals surface area contributed by atoms with Gasteiger partial charge in [-0.1, -0.05) is 42.2 Å². The van der Waals surface area contributed by atoms with Crippen molar-refractivity contribution in [2.24, 2.45) is 0 Å². The number of benzene rings is 1. The van der Waals surface area contributed by atoms with Gasteiger partial charge in [0.15, 0.2) is 5.16 Å². The van der Waals surface area contributed by atoms with E-state index < -0.39 is 10.8 Å². The van der Waals surface area contributed by atoms with Gasteiger partial charge >= 0.3 is 0 Å². The van der Waals surface area contributed by atoms with E-state index in [9.17, 15) is 9.59 Å². The number of aromatic nitrogens is 4. The first-order chi connectivity index (χ1) is 13.4. The zero-order valence-electron chi connectivity index (χ0n) is 15.7. The summed E-state index contributed by atoms with van der Waals surface area (Å²) in [6.07, 6.45) is 0.534. The Morgan fingerprint density at radius 3 is 2.75 bits per heavy atom. The van der Waals surface area contributed by atoms with Crippen molar-refractivity contribution in [3.63, 3.8) is 0 Å².